The molecule has 0 unspecified atom stereocenters. The Balaban J connectivity index is 2.16. The van der Waals surface area contributed by atoms with Gasteiger partial charge in [-0.25, -0.2) is 4.98 Å². The molecule has 0 fully saturated rings. The van der Waals surface area contributed by atoms with Crippen LogP contribution in [0.4, 0.5) is 0 Å². The van der Waals surface area contributed by atoms with E-state index in [0.29, 0.717) is 12.2 Å². The summed E-state index contributed by atoms with van der Waals surface area (Å²) in [4.78, 5) is 11.8. The summed E-state index contributed by atoms with van der Waals surface area (Å²) in [6.07, 6.45) is 3.11. The quantitative estimate of drug-likeness (QED) is 0.751. The zero-order valence-electron chi connectivity index (χ0n) is 8.16. The molecule has 0 aliphatic heterocycles. The van der Waals surface area contributed by atoms with Gasteiger partial charge >= 0.3 is 12.0 Å². The highest BCUT2D eigenvalue weighted by atomic mass is 16.5. The number of hydrogen-bond donors (Lipinski definition) is 1. The zero-order valence-corrected chi connectivity index (χ0v) is 8.16. The van der Waals surface area contributed by atoms with Gasteiger partial charge in [-0.3, -0.25) is 4.68 Å². The molecule has 7 nitrogen and oxygen atoms in total. The van der Waals surface area contributed by atoms with Crippen LogP contribution >= 0.6 is 0 Å². The van der Waals surface area contributed by atoms with E-state index in [4.69, 9.17) is 10.5 Å². The Hall–Kier alpha value is -2.02. The minimum absolute atomic E-state index is 0.198. The normalized spacial score (nSPS) is 10.3. The molecule has 0 aliphatic rings. The molecule has 2 rings (SSSR count). The first kappa shape index (κ1) is 9.53. The molecule has 2 N–H and O–H groups in total. The van der Waals surface area contributed by atoms with Crippen molar-refractivity contribution < 1.29 is 4.74 Å². The molecule has 15 heavy (non-hydrogen) atoms. The van der Waals surface area contributed by atoms with Crippen molar-refractivity contribution in [3.63, 3.8) is 0 Å². The lowest BCUT2D eigenvalue weighted by Gasteiger charge is -1.99. The minimum Gasteiger partial charge on any atom is -0.387 e. The summed E-state index contributed by atoms with van der Waals surface area (Å²) in [6.45, 7) is 0.342. The molecule has 2 aromatic rings. The summed E-state index contributed by atoms with van der Waals surface area (Å²) in [5.74, 6) is 0. The molecule has 0 aliphatic carbocycles. The molecular weight excluding hydrogens is 196 g/mol. The second kappa shape index (κ2) is 4.01. The Morgan fingerprint density at radius 2 is 2.27 bits per heavy atom. The van der Waals surface area contributed by atoms with Gasteiger partial charge in [-0.1, -0.05) is 0 Å². The van der Waals surface area contributed by atoms with Crippen molar-refractivity contribution in [1.82, 2.24) is 24.7 Å². The minimum atomic E-state index is 0.198. The van der Waals surface area contributed by atoms with Crippen LogP contribution in [-0.2, 0) is 13.6 Å². The number of aryl methyl sites for hydroxylation is 1. The number of hydrogen-bond acceptors (Lipinski definition) is 6. The SMILES string of the molecule is Cn1cnc(Oc2nccc(CN)n2)n1. The van der Waals surface area contributed by atoms with Gasteiger partial charge in [0.05, 0.1) is 5.69 Å². The highest BCUT2D eigenvalue weighted by molar-refractivity contribution is 5.08. The third-order valence-corrected chi connectivity index (χ3v) is 1.66. The summed E-state index contributed by atoms with van der Waals surface area (Å²) in [7, 11) is 1.75. The maximum Gasteiger partial charge on any atom is 0.343 e. The van der Waals surface area contributed by atoms with Crippen LogP contribution in [0.25, 0.3) is 0 Å². The van der Waals surface area contributed by atoms with Gasteiger partial charge in [0, 0.05) is 19.8 Å². The summed E-state index contributed by atoms with van der Waals surface area (Å²) >= 11 is 0. The smallest absolute Gasteiger partial charge is 0.343 e. The maximum absolute atomic E-state index is 5.44. The first-order chi connectivity index (χ1) is 7.28. The first-order valence-electron chi connectivity index (χ1n) is 4.33. The van der Waals surface area contributed by atoms with Crippen molar-refractivity contribution in [2.45, 2.75) is 6.54 Å². The van der Waals surface area contributed by atoms with Gasteiger partial charge < -0.3 is 10.5 Å². The summed E-state index contributed by atoms with van der Waals surface area (Å²) < 4.78 is 6.75. The monoisotopic (exact) mass is 206 g/mol. The number of nitrogens with zero attached hydrogens (tertiary/aromatic N) is 5. The van der Waals surface area contributed by atoms with Gasteiger partial charge in [0.2, 0.25) is 0 Å². The van der Waals surface area contributed by atoms with Crippen LogP contribution in [0, 0.1) is 0 Å². The van der Waals surface area contributed by atoms with Crippen molar-refractivity contribution >= 4 is 0 Å². The van der Waals surface area contributed by atoms with Crippen LogP contribution in [0.15, 0.2) is 18.6 Å². The Labute approximate surface area is 85.9 Å². The lowest BCUT2D eigenvalue weighted by Crippen LogP contribution is -2.02. The predicted molar refractivity (Wildman–Crippen MR) is 51.0 cm³/mol. The molecule has 0 atom stereocenters. The molecule has 0 saturated carbocycles. The molecule has 0 spiro atoms. The Kier molecular flexibility index (Phi) is 2.55. The van der Waals surface area contributed by atoms with E-state index in [1.165, 1.54) is 11.0 Å². The van der Waals surface area contributed by atoms with Crippen molar-refractivity contribution in [3.8, 4) is 12.0 Å². The lowest BCUT2D eigenvalue weighted by atomic mass is 10.4. The van der Waals surface area contributed by atoms with Gasteiger partial charge in [0.25, 0.3) is 0 Å². The van der Waals surface area contributed by atoms with Crippen LogP contribution in [0.3, 0.4) is 0 Å². The fraction of sp³-hybridized carbons (Fsp3) is 0.250. The molecule has 7 heteroatoms. The van der Waals surface area contributed by atoms with Crippen LogP contribution in [0.1, 0.15) is 5.69 Å². The molecule has 2 aromatic heterocycles. The topological polar surface area (TPSA) is 91.7 Å². The van der Waals surface area contributed by atoms with Crippen LogP contribution in [0.2, 0.25) is 0 Å². The number of nitrogens with two attached hydrogens (primary N) is 1. The van der Waals surface area contributed by atoms with Gasteiger partial charge in [0.1, 0.15) is 6.33 Å². The average Bonchev–Trinajstić information content (AvgIpc) is 2.64. The van der Waals surface area contributed by atoms with E-state index in [-0.39, 0.29) is 12.0 Å². The largest absolute Gasteiger partial charge is 0.387 e. The van der Waals surface area contributed by atoms with Gasteiger partial charge in [-0.2, -0.15) is 9.97 Å². The van der Waals surface area contributed by atoms with E-state index in [2.05, 4.69) is 20.1 Å². The zero-order chi connectivity index (χ0) is 10.7. The second-order valence-corrected chi connectivity index (χ2v) is 2.84. The fourth-order valence-electron chi connectivity index (χ4n) is 0.987. The molecular formula is C8H10N6O. The third kappa shape index (κ3) is 2.26. The van der Waals surface area contributed by atoms with Crippen molar-refractivity contribution in [1.29, 1.82) is 0 Å². The molecule has 2 heterocycles. The Morgan fingerprint density at radius 1 is 1.40 bits per heavy atom. The summed E-state index contributed by atoms with van der Waals surface area (Å²) in [5.41, 5.74) is 6.14. The van der Waals surface area contributed by atoms with Crippen LogP contribution in [0.5, 0.6) is 12.0 Å². The number of rotatable bonds is 3. The summed E-state index contributed by atoms with van der Waals surface area (Å²) in [5, 5.41) is 3.93. The lowest BCUT2D eigenvalue weighted by molar-refractivity contribution is 0.403. The number of ether oxygens (including phenoxy) is 1. The predicted octanol–water partition coefficient (Wildman–Crippen LogP) is -0.144. The van der Waals surface area contributed by atoms with E-state index < -0.39 is 0 Å². The van der Waals surface area contributed by atoms with E-state index >= 15 is 0 Å². The molecule has 0 aromatic carbocycles. The molecule has 78 valence electrons. The van der Waals surface area contributed by atoms with E-state index in [9.17, 15) is 0 Å². The summed E-state index contributed by atoms with van der Waals surface area (Å²) in [6, 6.07) is 2.13. The fourth-order valence-corrected chi connectivity index (χ4v) is 0.987. The Bertz CT molecular complexity index is 454. The van der Waals surface area contributed by atoms with Gasteiger partial charge in [-0.15, -0.1) is 5.10 Å². The molecule has 0 bridgehead atoms. The number of aromatic nitrogens is 5. The van der Waals surface area contributed by atoms with Crippen LogP contribution < -0.4 is 10.5 Å². The third-order valence-electron chi connectivity index (χ3n) is 1.66. The van der Waals surface area contributed by atoms with Gasteiger partial charge in [-0.05, 0) is 6.07 Å². The van der Waals surface area contributed by atoms with Crippen LogP contribution in [-0.4, -0.2) is 24.7 Å². The molecule has 0 amide bonds. The highest BCUT2D eigenvalue weighted by Crippen LogP contribution is 2.10. The van der Waals surface area contributed by atoms with E-state index in [1.54, 1.807) is 19.3 Å². The van der Waals surface area contributed by atoms with Crippen molar-refractivity contribution in [2.75, 3.05) is 0 Å². The maximum atomic E-state index is 5.44. The van der Waals surface area contributed by atoms with E-state index in [0.717, 1.165) is 0 Å². The van der Waals surface area contributed by atoms with Crippen molar-refractivity contribution in [2.24, 2.45) is 12.8 Å². The Morgan fingerprint density at radius 3 is 2.93 bits per heavy atom. The first-order valence-corrected chi connectivity index (χ1v) is 4.33. The second-order valence-electron chi connectivity index (χ2n) is 2.84. The average molecular weight is 206 g/mol. The van der Waals surface area contributed by atoms with Crippen molar-refractivity contribution in [3.05, 3.63) is 24.3 Å². The van der Waals surface area contributed by atoms with E-state index in [1.807, 2.05) is 0 Å². The molecule has 0 saturated heterocycles. The van der Waals surface area contributed by atoms with Gasteiger partial charge in [0.15, 0.2) is 0 Å². The molecule has 0 radical (unpaired) electrons. The highest BCUT2D eigenvalue weighted by Gasteiger charge is 2.04. The standard InChI is InChI=1S/C8H10N6O/c1-14-5-11-8(13-14)15-7-10-3-2-6(4-9)12-7/h2-3,5H,4,9H2,1H3.